The SMILES string of the molecule is Cc1cccc(C)c1NC(=O)[C@@H](c1ccc(Cl)cc1Cl)N(Cc1ccccc1)C(=O)c1ccccn1. The molecule has 1 N–H and O–H groups in total. The van der Waals surface area contributed by atoms with Crippen LogP contribution in [0.5, 0.6) is 0 Å². The van der Waals surface area contributed by atoms with Gasteiger partial charge in [0.15, 0.2) is 0 Å². The molecule has 0 saturated heterocycles. The van der Waals surface area contributed by atoms with E-state index in [1.54, 1.807) is 42.6 Å². The molecule has 1 aromatic heterocycles. The highest BCUT2D eigenvalue weighted by atomic mass is 35.5. The van der Waals surface area contributed by atoms with Crippen molar-refractivity contribution in [2.75, 3.05) is 5.32 Å². The van der Waals surface area contributed by atoms with E-state index in [1.165, 1.54) is 4.90 Å². The molecule has 36 heavy (non-hydrogen) atoms. The Morgan fingerprint density at radius 2 is 1.58 bits per heavy atom. The van der Waals surface area contributed by atoms with Crippen LogP contribution in [0.3, 0.4) is 0 Å². The van der Waals surface area contributed by atoms with Crippen molar-refractivity contribution in [3.63, 3.8) is 0 Å². The molecule has 1 heterocycles. The van der Waals surface area contributed by atoms with Crippen molar-refractivity contribution in [1.82, 2.24) is 9.88 Å². The Hall–Kier alpha value is -3.67. The van der Waals surface area contributed by atoms with E-state index >= 15 is 0 Å². The molecule has 0 aliphatic carbocycles. The van der Waals surface area contributed by atoms with Crippen molar-refractivity contribution in [3.8, 4) is 0 Å². The van der Waals surface area contributed by atoms with Crippen LogP contribution in [0.4, 0.5) is 5.69 Å². The number of carbonyl (C=O) groups is 2. The third-order valence-corrected chi connectivity index (χ3v) is 6.45. The lowest BCUT2D eigenvalue weighted by atomic mass is 10.0. The van der Waals surface area contributed by atoms with Crippen molar-refractivity contribution >= 4 is 40.7 Å². The van der Waals surface area contributed by atoms with Crippen LogP contribution in [0.1, 0.15) is 38.8 Å². The topological polar surface area (TPSA) is 62.3 Å². The van der Waals surface area contributed by atoms with Gasteiger partial charge in [-0.15, -0.1) is 0 Å². The minimum absolute atomic E-state index is 0.167. The Morgan fingerprint density at radius 3 is 2.22 bits per heavy atom. The van der Waals surface area contributed by atoms with Gasteiger partial charge in [-0.2, -0.15) is 0 Å². The first-order valence-corrected chi connectivity index (χ1v) is 12.2. The fourth-order valence-corrected chi connectivity index (χ4v) is 4.59. The molecule has 0 radical (unpaired) electrons. The first kappa shape index (κ1) is 25.4. The number of para-hydroxylation sites is 1. The number of anilines is 1. The van der Waals surface area contributed by atoms with Gasteiger partial charge >= 0.3 is 0 Å². The van der Waals surface area contributed by atoms with Gasteiger partial charge in [0.05, 0.1) is 0 Å². The van der Waals surface area contributed by atoms with Gasteiger partial charge < -0.3 is 10.2 Å². The zero-order chi connectivity index (χ0) is 25.7. The number of aryl methyl sites for hydroxylation is 2. The second-order valence-electron chi connectivity index (χ2n) is 8.46. The molecular formula is C29H25Cl2N3O2. The maximum Gasteiger partial charge on any atom is 0.273 e. The normalized spacial score (nSPS) is 11.6. The second kappa shape index (κ2) is 11.4. The van der Waals surface area contributed by atoms with E-state index in [1.807, 2.05) is 62.4 Å². The monoisotopic (exact) mass is 517 g/mol. The molecule has 0 unspecified atom stereocenters. The number of hydrogen-bond acceptors (Lipinski definition) is 3. The molecule has 1 atom stereocenters. The van der Waals surface area contributed by atoms with Crippen LogP contribution in [0, 0.1) is 13.8 Å². The van der Waals surface area contributed by atoms with Gasteiger partial charge in [0.25, 0.3) is 11.8 Å². The zero-order valence-electron chi connectivity index (χ0n) is 19.9. The van der Waals surface area contributed by atoms with E-state index in [0.717, 1.165) is 16.7 Å². The summed E-state index contributed by atoms with van der Waals surface area (Å²) in [4.78, 5) is 33.6. The van der Waals surface area contributed by atoms with Crippen LogP contribution in [-0.2, 0) is 11.3 Å². The molecule has 7 heteroatoms. The molecule has 0 aliphatic heterocycles. The van der Waals surface area contributed by atoms with Crippen molar-refractivity contribution in [3.05, 3.63) is 129 Å². The number of halogens is 2. The van der Waals surface area contributed by atoms with E-state index in [0.29, 0.717) is 16.3 Å². The minimum Gasteiger partial charge on any atom is -0.323 e. The summed E-state index contributed by atoms with van der Waals surface area (Å²) in [6.07, 6.45) is 1.55. The summed E-state index contributed by atoms with van der Waals surface area (Å²) in [7, 11) is 0. The molecule has 0 fully saturated rings. The number of nitrogens with zero attached hydrogens (tertiary/aromatic N) is 2. The van der Waals surface area contributed by atoms with Crippen LogP contribution in [0.2, 0.25) is 10.0 Å². The molecule has 0 saturated carbocycles. The number of pyridine rings is 1. The van der Waals surface area contributed by atoms with Crippen molar-refractivity contribution < 1.29 is 9.59 Å². The highest BCUT2D eigenvalue weighted by molar-refractivity contribution is 6.35. The van der Waals surface area contributed by atoms with E-state index in [-0.39, 0.29) is 17.3 Å². The largest absolute Gasteiger partial charge is 0.323 e. The average Bonchev–Trinajstić information content (AvgIpc) is 2.88. The molecule has 4 aromatic rings. The lowest BCUT2D eigenvalue weighted by Crippen LogP contribution is -2.41. The molecule has 5 nitrogen and oxygen atoms in total. The fourth-order valence-electron chi connectivity index (χ4n) is 4.07. The van der Waals surface area contributed by atoms with Crippen LogP contribution >= 0.6 is 23.2 Å². The predicted octanol–water partition coefficient (Wildman–Crippen LogP) is 7.03. The van der Waals surface area contributed by atoms with E-state index in [2.05, 4.69) is 10.3 Å². The summed E-state index contributed by atoms with van der Waals surface area (Å²) < 4.78 is 0. The second-order valence-corrected chi connectivity index (χ2v) is 9.30. The average molecular weight is 518 g/mol. The fraction of sp³-hybridized carbons (Fsp3) is 0.138. The van der Waals surface area contributed by atoms with Crippen LogP contribution in [0.15, 0.2) is 91.1 Å². The van der Waals surface area contributed by atoms with E-state index < -0.39 is 17.9 Å². The number of hydrogen-bond donors (Lipinski definition) is 1. The molecule has 0 bridgehead atoms. The maximum absolute atomic E-state index is 14.0. The lowest BCUT2D eigenvalue weighted by molar-refractivity contribution is -0.121. The Morgan fingerprint density at radius 1 is 0.889 bits per heavy atom. The first-order valence-electron chi connectivity index (χ1n) is 11.4. The standard InChI is InChI=1S/C29H25Cl2N3O2/c1-19-9-8-10-20(2)26(19)33-28(35)27(23-15-14-22(30)17-24(23)31)34(18-21-11-4-3-5-12-21)29(36)25-13-6-7-16-32-25/h3-17,27H,18H2,1-2H3,(H,33,35)/t27-/m1/s1. The zero-order valence-corrected chi connectivity index (χ0v) is 21.4. The summed E-state index contributed by atoms with van der Waals surface area (Å²) in [5.41, 5.74) is 4.07. The van der Waals surface area contributed by atoms with Crippen LogP contribution in [-0.4, -0.2) is 21.7 Å². The number of aromatic nitrogens is 1. The van der Waals surface area contributed by atoms with E-state index in [4.69, 9.17) is 23.2 Å². The Bertz CT molecular complexity index is 1360. The molecule has 3 aromatic carbocycles. The highest BCUT2D eigenvalue weighted by Gasteiger charge is 2.34. The summed E-state index contributed by atoms with van der Waals surface area (Å²) in [6, 6.07) is 24.2. The third kappa shape index (κ3) is 5.76. The number of nitrogens with one attached hydrogen (secondary N) is 1. The number of carbonyl (C=O) groups excluding carboxylic acids is 2. The van der Waals surface area contributed by atoms with Crippen LogP contribution < -0.4 is 5.32 Å². The maximum atomic E-state index is 14.0. The van der Waals surface area contributed by atoms with Gasteiger partial charge in [-0.3, -0.25) is 14.6 Å². The summed E-state index contributed by atoms with van der Waals surface area (Å²) in [5, 5.41) is 3.77. The Labute approximate surface area is 220 Å². The predicted molar refractivity (Wildman–Crippen MR) is 144 cm³/mol. The smallest absolute Gasteiger partial charge is 0.273 e. The van der Waals surface area contributed by atoms with Crippen molar-refractivity contribution in [2.24, 2.45) is 0 Å². The number of amides is 2. The number of rotatable bonds is 7. The quantitative estimate of drug-likeness (QED) is 0.286. The Balaban J connectivity index is 1.85. The summed E-state index contributed by atoms with van der Waals surface area (Å²) in [6.45, 7) is 4.02. The lowest BCUT2D eigenvalue weighted by Gasteiger charge is -2.32. The third-order valence-electron chi connectivity index (χ3n) is 5.89. The van der Waals surface area contributed by atoms with Gasteiger partial charge in [-0.05, 0) is 54.8 Å². The minimum atomic E-state index is -1.05. The molecule has 0 aliphatic rings. The van der Waals surface area contributed by atoms with Crippen molar-refractivity contribution in [1.29, 1.82) is 0 Å². The molecular weight excluding hydrogens is 493 g/mol. The van der Waals surface area contributed by atoms with E-state index in [9.17, 15) is 9.59 Å². The number of benzene rings is 3. The molecule has 4 rings (SSSR count). The molecule has 2 amide bonds. The highest BCUT2D eigenvalue weighted by Crippen LogP contribution is 2.34. The Kier molecular flexibility index (Phi) is 8.04. The first-order chi connectivity index (χ1) is 17.3. The van der Waals surface area contributed by atoms with Gasteiger partial charge in [-0.25, -0.2) is 0 Å². The summed E-state index contributed by atoms with van der Waals surface area (Å²) in [5.74, 6) is -0.788. The van der Waals surface area contributed by atoms with Crippen LogP contribution in [0.25, 0.3) is 0 Å². The summed E-state index contributed by atoms with van der Waals surface area (Å²) >= 11 is 12.8. The van der Waals surface area contributed by atoms with Gasteiger partial charge in [0.1, 0.15) is 11.7 Å². The van der Waals surface area contributed by atoms with Gasteiger partial charge in [-0.1, -0.05) is 83.9 Å². The molecule has 182 valence electrons. The molecule has 0 spiro atoms. The van der Waals surface area contributed by atoms with Gasteiger partial charge in [0, 0.05) is 34.0 Å². The van der Waals surface area contributed by atoms with Gasteiger partial charge in [0.2, 0.25) is 0 Å². The van der Waals surface area contributed by atoms with Crippen molar-refractivity contribution in [2.45, 2.75) is 26.4 Å².